The summed E-state index contributed by atoms with van der Waals surface area (Å²) in [4.78, 5) is 11.8. The van der Waals surface area contributed by atoms with E-state index in [1.54, 1.807) is 32.4 Å². The van der Waals surface area contributed by atoms with Crippen molar-refractivity contribution in [1.82, 2.24) is 0 Å². The average molecular weight is 377 g/mol. The molecule has 5 heteroatoms. The molecule has 0 aromatic heterocycles. The van der Waals surface area contributed by atoms with Gasteiger partial charge < -0.3 is 14.2 Å². The molecule has 0 aliphatic rings. The van der Waals surface area contributed by atoms with Crippen molar-refractivity contribution in [2.75, 3.05) is 14.2 Å². The molecule has 2 aromatic rings. The van der Waals surface area contributed by atoms with Crippen LogP contribution in [0.3, 0.4) is 0 Å². The Balaban J connectivity index is 1.98. The molecule has 0 aliphatic heterocycles. The Labute approximate surface area is 143 Å². The maximum atomic E-state index is 11.8. The molecule has 0 fully saturated rings. The van der Waals surface area contributed by atoms with Gasteiger partial charge in [0.15, 0.2) is 0 Å². The number of methoxy groups -OCH3 is 2. The van der Waals surface area contributed by atoms with E-state index >= 15 is 0 Å². The second-order valence-corrected chi connectivity index (χ2v) is 5.59. The van der Waals surface area contributed by atoms with Gasteiger partial charge in [-0.1, -0.05) is 28.1 Å². The van der Waals surface area contributed by atoms with Gasteiger partial charge in [0.05, 0.1) is 14.2 Å². The minimum Gasteiger partial charge on any atom is -0.497 e. The Morgan fingerprint density at radius 3 is 2.65 bits per heavy atom. The molecule has 0 spiro atoms. The molecule has 0 radical (unpaired) electrons. The summed E-state index contributed by atoms with van der Waals surface area (Å²) in [5.41, 5.74) is 1.69. The lowest BCUT2D eigenvalue weighted by atomic mass is 10.1. The molecule has 0 unspecified atom stereocenters. The highest BCUT2D eigenvalue weighted by molar-refractivity contribution is 9.10. The number of rotatable bonds is 6. The normalized spacial score (nSPS) is 10.6. The molecule has 0 heterocycles. The molecule has 0 aliphatic carbocycles. The summed E-state index contributed by atoms with van der Waals surface area (Å²) < 4.78 is 16.6. The summed E-state index contributed by atoms with van der Waals surface area (Å²) in [7, 11) is 3.15. The molecule has 4 nitrogen and oxygen atoms in total. The highest BCUT2D eigenvalue weighted by Gasteiger charge is 2.04. The van der Waals surface area contributed by atoms with Crippen LogP contribution in [-0.2, 0) is 16.1 Å². The summed E-state index contributed by atoms with van der Waals surface area (Å²) in [6.07, 6.45) is 3.03. The number of esters is 1. The third kappa shape index (κ3) is 5.14. The summed E-state index contributed by atoms with van der Waals surface area (Å²) in [5, 5.41) is 0. The Bertz CT molecular complexity index is 710. The maximum absolute atomic E-state index is 11.8. The van der Waals surface area contributed by atoms with E-state index in [4.69, 9.17) is 14.2 Å². The lowest BCUT2D eigenvalue weighted by Crippen LogP contribution is -2.00. The lowest BCUT2D eigenvalue weighted by molar-refractivity contribution is -0.138. The predicted molar refractivity (Wildman–Crippen MR) is 92.5 cm³/mol. The first-order chi connectivity index (χ1) is 11.1. The molecular formula is C18H17BrO4. The van der Waals surface area contributed by atoms with Crippen LogP contribution >= 0.6 is 15.9 Å². The van der Waals surface area contributed by atoms with Gasteiger partial charge in [0.2, 0.25) is 0 Å². The zero-order chi connectivity index (χ0) is 16.7. The van der Waals surface area contributed by atoms with Crippen LogP contribution in [0.4, 0.5) is 0 Å². The van der Waals surface area contributed by atoms with E-state index in [1.165, 1.54) is 6.08 Å². The molecule has 0 bridgehead atoms. The molecule has 0 N–H and O–H groups in total. The van der Waals surface area contributed by atoms with Gasteiger partial charge >= 0.3 is 5.97 Å². The molecule has 0 saturated carbocycles. The summed E-state index contributed by atoms with van der Waals surface area (Å²) >= 11 is 3.38. The standard InChI is InChI=1S/C18H17BrO4/c1-21-16-8-6-14(17(11-16)22-2)7-9-18(20)23-12-13-4-3-5-15(19)10-13/h3-11H,12H2,1-2H3. The fourth-order valence-corrected chi connectivity index (χ4v) is 2.39. The molecular weight excluding hydrogens is 360 g/mol. The number of carbonyl (C=O) groups is 1. The largest absolute Gasteiger partial charge is 0.497 e. The Hall–Kier alpha value is -2.27. The number of hydrogen-bond acceptors (Lipinski definition) is 4. The first-order valence-corrected chi connectivity index (χ1v) is 7.73. The number of carbonyl (C=O) groups excluding carboxylic acids is 1. The summed E-state index contributed by atoms with van der Waals surface area (Å²) in [6, 6.07) is 13.0. The van der Waals surface area contributed by atoms with Crippen molar-refractivity contribution in [2.24, 2.45) is 0 Å². The van der Waals surface area contributed by atoms with Crippen LogP contribution in [0.2, 0.25) is 0 Å². The average Bonchev–Trinajstić information content (AvgIpc) is 2.58. The zero-order valence-corrected chi connectivity index (χ0v) is 14.5. The van der Waals surface area contributed by atoms with Gasteiger partial charge in [-0.2, -0.15) is 0 Å². The van der Waals surface area contributed by atoms with Crippen molar-refractivity contribution in [3.8, 4) is 11.5 Å². The molecule has 2 aromatic carbocycles. The summed E-state index contributed by atoms with van der Waals surface area (Å²) in [5.74, 6) is 0.902. The lowest BCUT2D eigenvalue weighted by Gasteiger charge is -2.07. The Kier molecular flexibility index (Phi) is 6.23. The highest BCUT2D eigenvalue weighted by Crippen LogP contribution is 2.25. The highest BCUT2D eigenvalue weighted by atomic mass is 79.9. The van der Waals surface area contributed by atoms with E-state index in [9.17, 15) is 4.79 Å². The third-order valence-corrected chi connectivity index (χ3v) is 3.60. The molecule has 120 valence electrons. The van der Waals surface area contributed by atoms with Gasteiger partial charge in [-0.3, -0.25) is 0 Å². The Morgan fingerprint density at radius 1 is 1.13 bits per heavy atom. The SMILES string of the molecule is COc1ccc(C=CC(=O)OCc2cccc(Br)c2)c(OC)c1. The van der Waals surface area contributed by atoms with Gasteiger partial charge in [0, 0.05) is 22.2 Å². The van der Waals surface area contributed by atoms with Crippen LogP contribution in [0.25, 0.3) is 6.08 Å². The second kappa shape index (κ2) is 8.39. The van der Waals surface area contributed by atoms with Crippen molar-refractivity contribution < 1.29 is 19.0 Å². The number of hydrogen-bond donors (Lipinski definition) is 0. The first-order valence-electron chi connectivity index (χ1n) is 6.93. The van der Waals surface area contributed by atoms with E-state index in [2.05, 4.69) is 15.9 Å². The van der Waals surface area contributed by atoms with Gasteiger partial charge in [-0.05, 0) is 35.9 Å². The number of ether oxygens (including phenoxy) is 3. The zero-order valence-electron chi connectivity index (χ0n) is 12.9. The van der Waals surface area contributed by atoms with Crippen molar-refractivity contribution in [3.63, 3.8) is 0 Å². The number of benzene rings is 2. The van der Waals surface area contributed by atoms with Gasteiger partial charge in [0.25, 0.3) is 0 Å². The van der Waals surface area contributed by atoms with Crippen molar-refractivity contribution >= 4 is 28.0 Å². The van der Waals surface area contributed by atoms with Crippen LogP contribution in [0.5, 0.6) is 11.5 Å². The van der Waals surface area contributed by atoms with Gasteiger partial charge in [-0.25, -0.2) is 4.79 Å². The maximum Gasteiger partial charge on any atom is 0.331 e. The van der Waals surface area contributed by atoms with Crippen LogP contribution in [0.15, 0.2) is 53.0 Å². The van der Waals surface area contributed by atoms with E-state index in [-0.39, 0.29) is 6.61 Å². The fourth-order valence-electron chi connectivity index (χ4n) is 1.94. The van der Waals surface area contributed by atoms with Crippen LogP contribution < -0.4 is 9.47 Å². The number of halogens is 1. The predicted octanol–water partition coefficient (Wildman–Crippen LogP) is 4.22. The van der Waals surface area contributed by atoms with E-state index in [1.807, 2.05) is 30.3 Å². The van der Waals surface area contributed by atoms with Crippen molar-refractivity contribution in [3.05, 3.63) is 64.1 Å². The molecule has 0 amide bonds. The van der Waals surface area contributed by atoms with E-state index < -0.39 is 5.97 Å². The van der Waals surface area contributed by atoms with Crippen molar-refractivity contribution in [2.45, 2.75) is 6.61 Å². The van der Waals surface area contributed by atoms with Crippen LogP contribution in [0, 0.1) is 0 Å². The topological polar surface area (TPSA) is 44.8 Å². The van der Waals surface area contributed by atoms with E-state index in [0.717, 1.165) is 15.6 Å². The minimum atomic E-state index is -0.414. The van der Waals surface area contributed by atoms with Crippen LogP contribution in [0.1, 0.15) is 11.1 Å². The molecule has 0 atom stereocenters. The minimum absolute atomic E-state index is 0.225. The first kappa shape index (κ1) is 17.1. The van der Waals surface area contributed by atoms with Crippen molar-refractivity contribution in [1.29, 1.82) is 0 Å². The van der Waals surface area contributed by atoms with E-state index in [0.29, 0.717) is 11.5 Å². The van der Waals surface area contributed by atoms with Crippen LogP contribution in [-0.4, -0.2) is 20.2 Å². The third-order valence-electron chi connectivity index (χ3n) is 3.11. The molecule has 23 heavy (non-hydrogen) atoms. The van der Waals surface area contributed by atoms with Gasteiger partial charge in [-0.15, -0.1) is 0 Å². The quantitative estimate of drug-likeness (QED) is 0.559. The monoisotopic (exact) mass is 376 g/mol. The smallest absolute Gasteiger partial charge is 0.331 e. The fraction of sp³-hybridized carbons (Fsp3) is 0.167. The molecule has 0 saturated heterocycles. The second-order valence-electron chi connectivity index (χ2n) is 4.68. The Morgan fingerprint density at radius 2 is 1.96 bits per heavy atom. The van der Waals surface area contributed by atoms with Gasteiger partial charge in [0.1, 0.15) is 18.1 Å². The molecule has 2 rings (SSSR count). The summed E-state index contributed by atoms with van der Waals surface area (Å²) in [6.45, 7) is 0.225.